The predicted octanol–water partition coefficient (Wildman–Crippen LogP) is 3.87. The summed E-state index contributed by atoms with van der Waals surface area (Å²) in [7, 11) is 1.54. The molecule has 1 fully saturated rings. The highest BCUT2D eigenvalue weighted by atomic mass is 79.9. The Morgan fingerprint density at radius 1 is 1.31 bits per heavy atom. The molecule has 0 saturated carbocycles. The fourth-order valence-electron chi connectivity index (χ4n) is 2.36. The number of benzene rings is 2. The van der Waals surface area contributed by atoms with Crippen LogP contribution in [0.3, 0.4) is 0 Å². The first-order chi connectivity index (χ1) is 13.9. The number of amidine groups is 1. The highest BCUT2D eigenvalue weighted by molar-refractivity contribution is 9.10. The van der Waals surface area contributed by atoms with Crippen molar-refractivity contribution in [3.63, 3.8) is 0 Å². The average Bonchev–Trinajstić information content (AvgIpc) is 3.00. The Hall–Kier alpha value is -2.49. The lowest BCUT2D eigenvalue weighted by Crippen LogP contribution is -2.20. The van der Waals surface area contributed by atoms with E-state index in [9.17, 15) is 9.59 Å². The number of ether oxygens (including phenoxy) is 2. The molecular weight excluding hydrogens is 482 g/mol. The van der Waals surface area contributed by atoms with Crippen LogP contribution in [0.1, 0.15) is 5.56 Å². The maximum absolute atomic E-state index is 12.3. The van der Waals surface area contributed by atoms with E-state index in [1.54, 1.807) is 42.5 Å². The number of aliphatic imine (C=N–C) groups is 1. The van der Waals surface area contributed by atoms with Gasteiger partial charge in [0.15, 0.2) is 11.8 Å². The zero-order valence-electron chi connectivity index (χ0n) is 15.1. The van der Waals surface area contributed by atoms with E-state index in [4.69, 9.17) is 26.8 Å². The van der Waals surface area contributed by atoms with Crippen molar-refractivity contribution in [2.45, 2.75) is 0 Å². The molecule has 0 atom stereocenters. The molecule has 2 aromatic rings. The molecule has 1 aliphatic rings. The molecule has 3 rings (SSSR count). The maximum Gasteiger partial charge on any atom is 0.264 e. The van der Waals surface area contributed by atoms with E-state index in [1.807, 2.05) is 0 Å². The normalized spacial score (nSPS) is 16.2. The monoisotopic (exact) mass is 495 g/mol. The van der Waals surface area contributed by atoms with Crippen LogP contribution in [0.4, 0.5) is 5.69 Å². The number of amides is 2. The van der Waals surface area contributed by atoms with E-state index in [0.717, 1.165) is 5.56 Å². The van der Waals surface area contributed by atoms with Gasteiger partial charge in [0.05, 0.1) is 16.5 Å². The van der Waals surface area contributed by atoms with Crippen LogP contribution in [0.5, 0.6) is 11.5 Å². The molecule has 29 heavy (non-hydrogen) atoms. The smallest absolute Gasteiger partial charge is 0.264 e. The summed E-state index contributed by atoms with van der Waals surface area (Å²) in [5.74, 6) is 0.194. The largest absolute Gasteiger partial charge is 0.494 e. The van der Waals surface area contributed by atoms with Crippen molar-refractivity contribution in [2.75, 3.05) is 13.7 Å². The topological polar surface area (TPSA) is 103 Å². The molecule has 2 amide bonds. The van der Waals surface area contributed by atoms with Crippen molar-refractivity contribution in [3.05, 3.63) is 56.4 Å². The fourth-order valence-corrected chi connectivity index (χ4v) is 3.88. The number of hydrogen-bond donors (Lipinski definition) is 2. The van der Waals surface area contributed by atoms with Gasteiger partial charge in [-0.3, -0.25) is 9.59 Å². The first-order valence-corrected chi connectivity index (χ1v) is 10.2. The summed E-state index contributed by atoms with van der Waals surface area (Å²) in [6.07, 6.45) is 1.72. The number of halogens is 2. The number of carbonyl (C=O) groups is 2. The molecule has 0 radical (unpaired) electrons. The molecule has 0 spiro atoms. The third kappa shape index (κ3) is 5.53. The number of hydrogen-bond acceptors (Lipinski definition) is 6. The third-order valence-corrected chi connectivity index (χ3v) is 5.40. The summed E-state index contributed by atoms with van der Waals surface area (Å²) in [5, 5.41) is 3.65. The fraction of sp³-hybridized carbons (Fsp3) is 0.105. The van der Waals surface area contributed by atoms with Crippen molar-refractivity contribution in [1.82, 2.24) is 5.32 Å². The molecule has 0 aromatic heterocycles. The van der Waals surface area contributed by atoms with Crippen LogP contribution >= 0.6 is 39.3 Å². The molecule has 2 aromatic carbocycles. The minimum atomic E-state index is -0.565. The molecular formula is C19H15BrClN3O4S. The van der Waals surface area contributed by atoms with E-state index < -0.39 is 5.91 Å². The number of nitrogens with zero attached hydrogens (tertiary/aromatic N) is 1. The standard InChI is InChI=1S/C19H15BrClN3O4S/c1-27-15-5-3-11(21)8-13(15)23-19-24-18(26)16(29-19)7-10-2-4-14(12(20)6-10)28-9-17(22)25/h2-8H,9H2,1H3,(H2,22,25)(H,23,24,26)/b16-7-. The number of rotatable bonds is 6. The van der Waals surface area contributed by atoms with Crippen LogP contribution in [0.25, 0.3) is 6.08 Å². The van der Waals surface area contributed by atoms with Gasteiger partial charge < -0.3 is 20.5 Å². The van der Waals surface area contributed by atoms with Crippen LogP contribution in [0, 0.1) is 0 Å². The van der Waals surface area contributed by atoms with Gasteiger partial charge >= 0.3 is 0 Å². The van der Waals surface area contributed by atoms with Crippen LogP contribution in [-0.4, -0.2) is 30.7 Å². The van der Waals surface area contributed by atoms with Gasteiger partial charge in [-0.2, -0.15) is 0 Å². The van der Waals surface area contributed by atoms with Gasteiger partial charge in [-0.05, 0) is 69.7 Å². The van der Waals surface area contributed by atoms with Crippen LogP contribution in [0.2, 0.25) is 5.02 Å². The lowest BCUT2D eigenvalue weighted by Gasteiger charge is -2.07. The SMILES string of the molecule is COc1ccc(Cl)cc1N=C1NC(=O)/C(=C/c2ccc(OCC(N)=O)c(Br)c2)S1. The molecule has 150 valence electrons. The summed E-state index contributed by atoms with van der Waals surface area (Å²) in [5.41, 5.74) is 6.36. The van der Waals surface area contributed by atoms with E-state index in [2.05, 4.69) is 26.2 Å². The minimum Gasteiger partial charge on any atom is -0.494 e. The Morgan fingerprint density at radius 3 is 2.76 bits per heavy atom. The van der Waals surface area contributed by atoms with Crippen molar-refractivity contribution < 1.29 is 19.1 Å². The zero-order valence-corrected chi connectivity index (χ0v) is 18.2. The average molecular weight is 497 g/mol. The third-order valence-electron chi connectivity index (χ3n) is 3.64. The number of primary amides is 1. The van der Waals surface area contributed by atoms with Gasteiger partial charge in [-0.1, -0.05) is 17.7 Å². The van der Waals surface area contributed by atoms with Gasteiger partial charge in [0.1, 0.15) is 17.2 Å². The second-order valence-electron chi connectivity index (χ2n) is 5.74. The summed E-state index contributed by atoms with van der Waals surface area (Å²) in [6, 6.07) is 10.3. The highest BCUT2D eigenvalue weighted by Crippen LogP contribution is 2.34. The molecule has 1 saturated heterocycles. The van der Waals surface area contributed by atoms with Gasteiger partial charge in [-0.15, -0.1) is 0 Å². The van der Waals surface area contributed by atoms with Gasteiger partial charge in [-0.25, -0.2) is 4.99 Å². The summed E-state index contributed by atoms with van der Waals surface area (Å²) in [4.78, 5) is 28.0. The van der Waals surface area contributed by atoms with Crippen LogP contribution in [0.15, 0.2) is 50.8 Å². The Balaban J connectivity index is 1.80. The molecule has 0 bridgehead atoms. The minimum absolute atomic E-state index is 0.218. The molecule has 1 heterocycles. The highest BCUT2D eigenvalue weighted by Gasteiger charge is 2.24. The lowest BCUT2D eigenvalue weighted by atomic mass is 10.2. The van der Waals surface area contributed by atoms with E-state index in [-0.39, 0.29) is 12.5 Å². The molecule has 0 unspecified atom stereocenters. The van der Waals surface area contributed by atoms with E-state index >= 15 is 0 Å². The number of nitrogens with one attached hydrogen (secondary N) is 1. The predicted molar refractivity (Wildman–Crippen MR) is 118 cm³/mol. The van der Waals surface area contributed by atoms with Crippen molar-refractivity contribution >= 4 is 68.0 Å². The van der Waals surface area contributed by atoms with E-state index in [0.29, 0.717) is 36.8 Å². The molecule has 7 nitrogen and oxygen atoms in total. The summed E-state index contributed by atoms with van der Waals surface area (Å²) in [6.45, 7) is -0.218. The summed E-state index contributed by atoms with van der Waals surface area (Å²) < 4.78 is 11.2. The maximum atomic E-state index is 12.3. The van der Waals surface area contributed by atoms with Crippen molar-refractivity contribution in [3.8, 4) is 11.5 Å². The van der Waals surface area contributed by atoms with Gasteiger partial charge in [0, 0.05) is 5.02 Å². The second kappa shape index (κ2) is 9.34. The quantitative estimate of drug-likeness (QED) is 0.591. The molecule has 1 aliphatic heterocycles. The Morgan fingerprint density at radius 2 is 2.07 bits per heavy atom. The zero-order chi connectivity index (χ0) is 21.0. The van der Waals surface area contributed by atoms with Gasteiger partial charge in [0.2, 0.25) is 0 Å². The number of methoxy groups -OCH3 is 1. The van der Waals surface area contributed by atoms with Gasteiger partial charge in [0.25, 0.3) is 11.8 Å². The first kappa shape index (κ1) is 21.2. The first-order valence-electron chi connectivity index (χ1n) is 8.19. The Bertz CT molecular complexity index is 1040. The second-order valence-corrected chi connectivity index (χ2v) is 8.06. The van der Waals surface area contributed by atoms with Crippen LogP contribution in [-0.2, 0) is 9.59 Å². The summed E-state index contributed by atoms with van der Waals surface area (Å²) >= 11 is 10.6. The van der Waals surface area contributed by atoms with E-state index in [1.165, 1.54) is 18.9 Å². The lowest BCUT2D eigenvalue weighted by molar-refractivity contribution is -0.120. The molecule has 0 aliphatic carbocycles. The van der Waals surface area contributed by atoms with Crippen molar-refractivity contribution in [2.24, 2.45) is 10.7 Å². The van der Waals surface area contributed by atoms with Crippen molar-refractivity contribution in [1.29, 1.82) is 0 Å². The number of carbonyl (C=O) groups excluding carboxylic acids is 2. The Labute approximate surface area is 184 Å². The molecule has 3 N–H and O–H groups in total. The number of nitrogens with two attached hydrogens (primary N) is 1. The number of thioether (sulfide) groups is 1. The molecule has 10 heteroatoms. The Kier molecular flexibility index (Phi) is 6.83. The van der Waals surface area contributed by atoms with Crippen LogP contribution < -0.4 is 20.5 Å².